The molecule has 0 saturated carbocycles. The second-order valence-corrected chi connectivity index (χ2v) is 3.88. The van der Waals surface area contributed by atoms with E-state index in [0.29, 0.717) is 0 Å². The van der Waals surface area contributed by atoms with Crippen LogP contribution in [0, 0.1) is 0 Å². The Morgan fingerprint density at radius 1 is 1.41 bits per heavy atom. The average Bonchev–Trinajstić information content (AvgIpc) is 2.20. The van der Waals surface area contributed by atoms with Crippen LogP contribution in [0.2, 0.25) is 0 Å². The van der Waals surface area contributed by atoms with E-state index in [9.17, 15) is 18.7 Å². The zero-order chi connectivity index (χ0) is 12.5. The van der Waals surface area contributed by atoms with E-state index in [1.165, 1.54) is 6.07 Å². The molecule has 1 atom stereocenters. The molecule has 8 heteroatoms. The minimum absolute atomic E-state index is 0. The molecule has 0 amide bonds. The van der Waals surface area contributed by atoms with Gasteiger partial charge in [-0.3, -0.25) is 0 Å². The second kappa shape index (κ2) is 6.13. The van der Waals surface area contributed by atoms with E-state index in [-0.39, 0.29) is 16.9 Å². The molecule has 4 N–H and O–H groups in total. The van der Waals surface area contributed by atoms with E-state index < -0.39 is 35.3 Å². The summed E-state index contributed by atoms with van der Waals surface area (Å²) >= 11 is 2.90. The Balaban J connectivity index is 0.00000256. The lowest BCUT2D eigenvalue weighted by Crippen LogP contribution is -2.22. The molecule has 0 aliphatic carbocycles. The van der Waals surface area contributed by atoms with E-state index in [2.05, 4.69) is 15.9 Å². The SMILES string of the molecule is Cl.N[C@@H](c1c(C(=O)O)ccc(Br)c1O)C(F)F. The highest BCUT2D eigenvalue weighted by molar-refractivity contribution is 9.10. The van der Waals surface area contributed by atoms with Gasteiger partial charge in [0, 0.05) is 5.56 Å². The highest BCUT2D eigenvalue weighted by atomic mass is 79.9. The maximum Gasteiger partial charge on any atom is 0.336 e. The number of aromatic hydroxyl groups is 1. The number of phenols is 1. The first-order chi connectivity index (χ1) is 7.36. The van der Waals surface area contributed by atoms with Gasteiger partial charge in [-0.05, 0) is 28.1 Å². The van der Waals surface area contributed by atoms with Crippen molar-refractivity contribution < 1.29 is 23.8 Å². The molecule has 4 nitrogen and oxygen atoms in total. The van der Waals surface area contributed by atoms with Crippen LogP contribution in [0.1, 0.15) is 22.0 Å². The molecule has 0 bridgehead atoms. The van der Waals surface area contributed by atoms with Gasteiger partial charge in [-0.15, -0.1) is 12.4 Å². The van der Waals surface area contributed by atoms with Crippen molar-refractivity contribution in [3.63, 3.8) is 0 Å². The summed E-state index contributed by atoms with van der Waals surface area (Å²) in [7, 11) is 0. The summed E-state index contributed by atoms with van der Waals surface area (Å²) in [5.74, 6) is -2.00. The lowest BCUT2D eigenvalue weighted by atomic mass is 10.00. The smallest absolute Gasteiger partial charge is 0.336 e. The van der Waals surface area contributed by atoms with Crippen LogP contribution in [-0.2, 0) is 0 Å². The summed E-state index contributed by atoms with van der Waals surface area (Å²) in [5.41, 5.74) is 4.24. The molecule has 0 aromatic heterocycles. The fourth-order valence-corrected chi connectivity index (χ4v) is 1.58. The number of carbonyl (C=O) groups is 1. The molecule has 0 fully saturated rings. The van der Waals surface area contributed by atoms with Crippen LogP contribution in [0.4, 0.5) is 8.78 Å². The van der Waals surface area contributed by atoms with Crippen molar-refractivity contribution in [1.29, 1.82) is 0 Å². The first kappa shape index (κ1) is 16.1. The van der Waals surface area contributed by atoms with Gasteiger partial charge in [-0.2, -0.15) is 0 Å². The lowest BCUT2D eigenvalue weighted by molar-refractivity contribution is 0.0690. The topological polar surface area (TPSA) is 83.6 Å². The Morgan fingerprint density at radius 2 is 1.94 bits per heavy atom. The number of hydrogen-bond donors (Lipinski definition) is 3. The number of carboxylic acid groups (broad SMARTS) is 1. The average molecular weight is 333 g/mol. The third-order valence-electron chi connectivity index (χ3n) is 2.00. The Labute approximate surface area is 110 Å². The number of aromatic carboxylic acids is 1. The van der Waals surface area contributed by atoms with Gasteiger partial charge in [0.25, 0.3) is 6.43 Å². The highest BCUT2D eigenvalue weighted by Gasteiger charge is 2.27. The van der Waals surface area contributed by atoms with Gasteiger partial charge in [-0.25, -0.2) is 13.6 Å². The van der Waals surface area contributed by atoms with Gasteiger partial charge < -0.3 is 15.9 Å². The Hall–Kier alpha value is -0.920. The Morgan fingerprint density at radius 3 is 2.35 bits per heavy atom. The van der Waals surface area contributed by atoms with Crippen molar-refractivity contribution in [3.8, 4) is 5.75 Å². The monoisotopic (exact) mass is 331 g/mol. The molecule has 0 spiro atoms. The molecule has 0 unspecified atom stereocenters. The van der Waals surface area contributed by atoms with Crippen LogP contribution in [0.15, 0.2) is 16.6 Å². The Kier molecular flexibility index (Phi) is 5.80. The molecule has 96 valence electrons. The largest absolute Gasteiger partial charge is 0.506 e. The molecule has 0 saturated heterocycles. The quantitative estimate of drug-likeness (QED) is 0.794. The number of benzene rings is 1. The van der Waals surface area contributed by atoms with Crippen molar-refractivity contribution in [2.75, 3.05) is 0 Å². The van der Waals surface area contributed by atoms with Gasteiger partial charge >= 0.3 is 5.97 Å². The molecule has 0 radical (unpaired) electrons. The van der Waals surface area contributed by atoms with Gasteiger partial charge in [0.05, 0.1) is 16.1 Å². The third kappa shape index (κ3) is 3.27. The van der Waals surface area contributed by atoms with E-state index in [1.54, 1.807) is 0 Å². The van der Waals surface area contributed by atoms with E-state index in [1.807, 2.05) is 0 Å². The fraction of sp³-hybridized carbons (Fsp3) is 0.222. The number of nitrogens with two attached hydrogens (primary N) is 1. The van der Waals surface area contributed by atoms with Crippen molar-refractivity contribution in [2.45, 2.75) is 12.5 Å². The van der Waals surface area contributed by atoms with Crippen molar-refractivity contribution in [3.05, 3.63) is 27.7 Å². The minimum Gasteiger partial charge on any atom is -0.506 e. The first-order valence-corrected chi connectivity index (χ1v) is 4.94. The maximum absolute atomic E-state index is 12.4. The zero-order valence-corrected chi connectivity index (χ0v) is 10.6. The van der Waals surface area contributed by atoms with Gasteiger partial charge in [0.15, 0.2) is 0 Å². The Bertz CT molecular complexity index is 431. The second-order valence-electron chi connectivity index (χ2n) is 3.02. The maximum atomic E-state index is 12.4. The summed E-state index contributed by atoms with van der Waals surface area (Å²) in [6.45, 7) is 0. The van der Waals surface area contributed by atoms with Crippen LogP contribution >= 0.6 is 28.3 Å². The summed E-state index contributed by atoms with van der Waals surface area (Å²) in [5, 5.41) is 18.3. The number of carboxylic acids is 1. The third-order valence-corrected chi connectivity index (χ3v) is 2.64. The molecule has 0 aliphatic rings. The van der Waals surface area contributed by atoms with E-state index >= 15 is 0 Å². The standard InChI is InChI=1S/C9H8BrF2NO3.ClH/c10-4-2-1-3(9(15)16)5(7(4)14)6(13)8(11)12;/h1-2,6,8,14H,13H2,(H,15,16);1H/t6-;/m0./s1. The van der Waals surface area contributed by atoms with Crippen LogP contribution < -0.4 is 5.73 Å². The molecule has 1 rings (SSSR count). The van der Waals surface area contributed by atoms with Crippen molar-refractivity contribution in [1.82, 2.24) is 0 Å². The fourth-order valence-electron chi connectivity index (χ4n) is 1.23. The number of phenolic OH excluding ortho intramolecular Hbond substituents is 1. The molecule has 0 heterocycles. The summed E-state index contributed by atoms with van der Waals surface area (Å²) in [6.07, 6.45) is -2.96. The number of hydrogen-bond acceptors (Lipinski definition) is 3. The predicted octanol–water partition coefficient (Wildman–Crippen LogP) is 2.54. The van der Waals surface area contributed by atoms with E-state index in [4.69, 9.17) is 10.8 Å². The van der Waals surface area contributed by atoms with Gasteiger partial charge in [-0.1, -0.05) is 0 Å². The van der Waals surface area contributed by atoms with Crippen LogP contribution in [0.25, 0.3) is 0 Å². The number of rotatable bonds is 3. The molecule has 0 aliphatic heterocycles. The molecular formula is C9H9BrClF2NO3. The molecular weight excluding hydrogens is 323 g/mol. The molecule has 1 aromatic carbocycles. The summed E-state index contributed by atoms with van der Waals surface area (Å²) in [4.78, 5) is 10.8. The van der Waals surface area contributed by atoms with Crippen molar-refractivity contribution >= 4 is 34.3 Å². The molecule has 17 heavy (non-hydrogen) atoms. The van der Waals surface area contributed by atoms with Gasteiger partial charge in [0.2, 0.25) is 0 Å². The number of alkyl halides is 2. The summed E-state index contributed by atoms with van der Waals surface area (Å²) in [6, 6.07) is 0.507. The van der Waals surface area contributed by atoms with E-state index in [0.717, 1.165) is 6.07 Å². The molecule has 1 aromatic rings. The van der Waals surface area contributed by atoms with Crippen molar-refractivity contribution in [2.24, 2.45) is 5.73 Å². The van der Waals surface area contributed by atoms with Crippen LogP contribution in [0.5, 0.6) is 5.75 Å². The predicted molar refractivity (Wildman–Crippen MR) is 62.9 cm³/mol. The normalized spacial score (nSPS) is 12.1. The lowest BCUT2D eigenvalue weighted by Gasteiger charge is -2.16. The summed E-state index contributed by atoms with van der Waals surface area (Å²) < 4.78 is 25.0. The van der Waals surface area contributed by atoms with Crippen LogP contribution in [0.3, 0.4) is 0 Å². The highest BCUT2D eigenvalue weighted by Crippen LogP contribution is 2.36. The first-order valence-electron chi connectivity index (χ1n) is 4.14. The zero-order valence-electron chi connectivity index (χ0n) is 8.23. The van der Waals surface area contributed by atoms with Crippen LogP contribution in [-0.4, -0.2) is 22.6 Å². The number of halogens is 4. The minimum atomic E-state index is -2.96. The van der Waals surface area contributed by atoms with Gasteiger partial charge in [0.1, 0.15) is 5.75 Å².